The van der Waals surface area contributed by atoms with E-state index in [0.29, 0.717) is 6.29 Å². The second-order valence-electron chi connectivity index (χ2n) is 3.22. The summed E-state index contributed by atoms with van der Waals surface area (Å²) in [6.07, 6.45) is 0.453. The number of aldehydes is 1. The van der Waals surface area contributed by atoms with Crippen molar-refractivity contribution in [1.82, 2.24) is 0 Å². The van der Waals surface area contributed by atoms with Crippen LogP contribution in [0.2, 0.25) is 0 Å². The summed E-state index contributed by atoms with van der Waals surface area (Å²) in [5.41, 5.74) is 0. The minimum absolute atomic E-state index is 0.0358. The summed E-state index contributed by atoms with van der Waals surface area (Å²) in [6.45, 7) is 0. The van der Waals surface area contributed by atoms with E-state index in [9.17, 15) is 13.2 Å². The van der Waals surface area contributed by atoms with Crippen molar-refractivity contribution >= 4 is 32.1 Å². The van der Waals surface area contributed by atoms with Gasteiger partial charge in [-0.1, -0.05) is 18.2 Å². The molecule has 0 atom stereocenters. The van der Waals surface area contributed by atoms with Crippen LogP contribution in [0.3, 0.4) is 0 Å². The van der Waals surface area contributed by atoms with Crippen LogP contribution < -0.4 is 0 Å². The van der Waals surface area contributed by atoms with E-state index in [1.165, 1.54) is 18.2 Å². The maximum atomic E-state index is 12.1. The standard InChI is InChI=1S/C11H7BrO4S/c12-10-6-8(7-13)16-11(10)17(14,15)9-4-2-1-3-5-9/h1-7H. The van der Waals surface area contributed by atoms with Gasteiger partial charge in [0.05, 0.1) is 9.37 Å². The molecule has 0 unspecified atom stereocenters. The SMILES string of the molecule is O=Cc1cc(Br)c(S(=O)(=O)c2ccccc2)o1. The Kier molecular flexibility index (Phi) is 3.17. The van der Waals surface area contributed by atoms with Gasteiger partial charge in [-0.3, -0.25) is 4.79 Å². The van der Waals surface area contributed by atoms with E-state index in [4.69, 9.17) is 4.42 Å². The fraction of sp³-hybridized carbons (Fsp3) is 0. The number of halogens is 1. The summed E-state index contributed by atoms with van der Waals surface area (Å²) in [5, 5.41) is -0.259. The van der Waals surface area contributed by atoms with Crippen molar-refractivity contribution in [2.75, 3.05) is 0 Å². The first-order chi connectivity index (χ1) is 8.05. The average molecular weight is 315 g/mol. The van der Waals surface area contributed by atoms with Crippen molar-refractivity contribution in [2.45, 2.75) is 9.99 Å². The lowest BCUT2D eigenvalue weighted by atomic mass is 10.4. The molecule has 0 radical (unpaired) electrons. The molecule has 0 spiro atoms. The van der Waals surface area contributed by atoms with Gasteiger partial charge in [-0.2, -0.15) is 0 Å². The van der Waals surface area contributed by atoms with Crippen LogP contribution in [0.5, 0.6) is 0 Å². The minimum atomic E-state index is -3.73. The van der Waals surface area contributed by atoms with Gasteiger partial charge in [-0.15, -0.1) is 0 Å². The van der Waals surface area contributed by atoms with Crippen molar-refractivity contribution in [3.05, 3.63) is 46.6 Å². The van der Waals surface area contributed by atoms with E-state index in [2.05, 4.69) is 15.9 Å². The lowest BCUT2D eigenvalue weighted by Gasteiger charge is -2.00. The second kappa shape index (κ2) is 4.46. The van der Waals surface area contributed by atoms with E-state index < -0.39 is 9.84 Å². The third kappa shape index (κ3) is 2.18. The Hall–Kier alpha value is -1.40. The van der Waals surface area contributed by atoms with E-state index in [-0.39, 0.29) is 20.2 Å². The average Bonchev–Trinajstić information content (AvgIpc) is 2.72. The lowest BCUT2D eigenvalue weighted by Crippen LogP contribution is -2.00. The molecular weight excluding hydrogens is 308 g/mol. The smallest absolute Gasteiger partial charge is 0.240 e. The Bertz CT molecular complexity index is 643. The molecular formula is C11H7BrO4S. The minimum Gasteiger partial charge on any atom is -0.440 e. The van der Waals surface area contributed by atoms with Crippen molar-refractivity contribution in [3.8, 4) is 0 Å². The molecule has 0 aliphatic carbocycles. The van der Waals surface area contributed by atoms with Crippen LogP contribution in [-0.2, 0) is 9.84 Å². The zero-order valence-corrected chi connectivity index (χ0v) is 10.9. The zero-order chi connectivity index (χ0) is 12.5. The summed E-state index contributed by atoms with van der Waals surface area (Å²) < 4.78 is 29.5. The summed E-state index contributed by atoms with van der Waals surface area (Å²) in [5.74, 6) is -0.0358. The number of carbonyl (C=O) groups is 1. The van der Waals surface area contributed by atoms with Crippen molar-refractivity contribution in [2.24, 2.45) is 0 Å². The molecule has 2 aromatic rings. The van der Waals surface area contributed by atoms with Crippen molar-refractivity contribution in [3.63, 3.8) is 0 Å². The third-order valence-corrected chi connectivity index (χ3v) is 4.62. The molecule has 17 heavy (non-hydrogen) atoms. The van der Waals surface area contributed by atoms with Crippen LogP contribution in [0.15, 0.2) is 55.3 Å². The largest absolute Gasteiger partial charge is 0.440 e. The lowest BCUT2D eigenvalue weighted by molar-refractivity contribution is 0.109. The first-order valence-electron chi connectivity index (χ1n) is 4.60. The molecule has 2 rings (SSSR count). The molecule has 4 nitrogen and oxygen atoms in total. The van der Waals surface area contributed by atoms with E-state index >= 15 is 0 Å². The van der Waals surface area contributed by atoms with Crippen molar-refractivity contribution in [1.29, 1.82) is 0 Å². The van der Waals surface area contributed by atoms with Gasteiger partial charge in [-0.05, 0) is 28.1 Å². The number of hydrogen-bond acceptors (Lipinski definition) is 4. The van der Waals surface area contributed by atoms with Crippen LogP contribution in [0.1, 0.15) is 10.6 Å². The van der Waals surface area contributed by atoms with Crippen LogP contribution in [-0.4, -0.2) is 14.7 Å². The summed E-state index contributed by atoms with van der Waals surface area (Å²) in [4.78, 5) is 10.6. The highest BCUT2D eigenvalue weighted by Gasteiger charge is 2.25. The molecule has 0 N–H and O–H groups in total. The van der Waals surface area contributed by atoms with Gasteiger partial charge >= 0.3 is 0 Å². The number of hydrogen-bond donors (Lipinski definition) is 0. The van der Waals surface area contributed by atoms with Crippen LogP contribution >= 0.6 is 15.9 Å². The Morgan fingerprint density at radius 2 is 1.82 bits per heavy atom. The molecule has 0 aliphatic heterocycles. The van der Waals surface area contributed by atoms with Gasteiger partial charge in [0.2, 0.25) is 14.9 Å². The maximum absolute atomic E-state index is 12.1. The fourth-order valence-electron chi connectivity index (χ4n) is 1.32. The summed E-state index contributed by atoms with van der Waals surface area (Å²) in [6, 6.07) is 9.19. The van der Waals surface area contributed by atoms with Gasteiger partial charge < -0.3 is 4.42 Å². The maximum Gasteiger partial charge on any atom is 0.240 e. The Labute approximate surface area is 106 Å². The highest BCUT2D eigenvalue weighted by molar-refractivity contribution is 9.10. The van der Waals surface area contributed by atoms with Crippen LogP contribution in [0, 0.1) is 0 Å². The van der Waals surface area contributed by atoms with Gasteiger partial charge in [0.25, 0.3) is 0 Å². The predicted molar refractivity (Wildman–Crippen MR) is 63.7 cm³/mol. The Morgan fingerprint density at radius 1 is 1.18 bits per heavy atom. The number of sulfone groups is 1. The first kappa shape index (κ1) is 12.1. The normalized spacial score (nSPS) is 11.4. The van der Waals surface area contributed by atoms with Gasteiger partial charge in [0.15, 0.2) is 12.0 Å². The third-order valence-electron chi connectivity index (χ3n) is 2.09. The molecule has 6 heteroatoms. The first-order valence-corrected chi connectivity index (χ1v) is 6.88. The molecule has 0 saturated heterocycles. The molecule has 1 aromatic heterocycles. The topological polar surface area (TPSA) is 64.3 Å². The molecule has 1 aromatic carbocycles. The highest BCUT2D eigenvalue weighted by Crippen LogP contribution is 2.30. The Morgan fingerprint density at radius 3 is 2.35 bits per heavy atom. The number of benzene rings is 1. The fourth-order valence-corrected chi connectivity index (χ4v) is 3.51. The number of rotatable bonds is 3. The number of carbonyl (C=O) groups excluding carboxylic acids is 1. The van der Waals surface area contributed by atoms with Gasteiger partial charge in [0, 0.05) is 6.07 Å². The van der Waals surface area contributed by atoms with Gasteiger partial charge in [-0.25, -0.2) is 8.42 Å². The van der Waals surface area contributed by atoms with Crippen LogP contribution in [0.4, 0.5) is 0 Å². The summed E-state index contributed by atoms with van der Waals surface area (Å²) in [7, 11) is -3.73. The molecule has 0 amide bonds. The van der Waals surface area contributed by atoms with Crippen molar-refractivity contribution < 1.29 is 17.6 Å². The van der Waals surface area contributed by atoms with Gasteiger partial charge in [0.1, 0.15) is 0 Å². The molecule has 0 aliphatic rings. The zero-order valence-electron chi connectivity index (χ0n) is 8.46. The second-order valence-corrected chi connectivity index (χ2v) is 5.92. The predicted octanol–water partition coefficient (Wildman–Crippen LogP) is 2.69. The molecule has 88 valence electrons. The van der Waals surface area contributed by atoms with E-state index in [1.54, 1.807) is 18.2 Å². The quantitative estimate of drug-likeness (QED) is 0.817. The molecule has 0 fully saturated rings. The molecule has 0 bridgehead atoms. The van der Waals surface area contributed by atoms with E-state index in [0.717, 1.165) is 0 Å². The Balaban J connectivity index is 2.60. The number of furan rings is 1. The van der Waals surface area contributed by atoms with E-state index in [1.807, 2.05) is 0 Å². The molecule has 0 saturated carbocycles. The highest BCUT2D eigenvalue weighted by atomic mass is 79.9. The van der Waals surface area contributed by atoms with Crippen LogP contribution in [0.25, 0.3) is 0 Å². The monoisotopic (exact) mass is 314 g/mol. The summed E-state index contributed by atoms with van der Waals surface area (Å²) >= 11 is 3.06. The molecule has 1 heterocycles.